The highest BCUT2D eigenvalue weighted by atomic mass is 127. The van der Waals surface area contributed by atoms with Crippen LogP contribution in [0.3, 0.4) is 0 Å². The largest absolute Gasteiger partial charge is 0.457 e. The van der Waals surface area contributed by atoms with Crippen LogP contribution in [0.25, 0.3) is 0 Å². The summed E-state index contributed by atoms with van der Waals surface area (Å²) < 4.78 is 36.4. The van der Waals surface area contributed by atoms with Gasteiger partial charge in [0.05, 0.1) is 0 Å². The van der Waals surface area contributed by atoms with E-state index in [0.717, 1.165) is 3.57 Å². The van der Waals surface area contributed by atoms with Crippen molar-refractivity contribution >= 4 is 22.6 Å². The van der Waals surface area contributed by atoms with Crippen molar-refractivity contribution in [1.82, 2.24) is 0 Å². The average Bonchev–Trinajstić information content (AvgIpc) is 2.33. The molecule has 19 heavy (non-hydrogen) atoms. The second kappa shape index (κ2) is 5.73. The Balaban J connectivity index is 2.04. The van der Waals surface area contributed by atoms with Gasteiger partial charge in [-0.1, -0.05) is 0 Å². The van der Waals surface area contributed by atoms with Gasteiger partial charge in [-0.3, -0.25) is 0 Å². The molecule has 2 rings (SSSR count). The minimum atomic E-state index is -3.18. The van der Waals surface area contributed by atoms with Crippen LogP contribution in [0.2, 0.25) is 0 Å². The van der Waals surface area contributed by atoms with Crippen LogP contribution in [0.15, 0.2) is 48.5 Å². The van der Waals surface area contributed by atoms with Gasteiger partial charge in [0.15, 0.2) is 0 Å². The van der Waals surface area contributed by atoms with Crippen molar-refractivity contribution in [3.63, 3.8) is 0 Å². The number of ether oxygens (including phenoxy) is 2. The van der Waals surface area contributed by atoms with Gasteiger partial charge in [0.1, 0.15) is 17.2 Å². The summed E-state index contributed by atoms with van der Waals surface area (Å²) in [5, 5.41) is 0. The van der Waals surface area contributed by atoms with Gasteiger partial charge in [-0.2, -0.15) is 8.78 Å². The van der Waals surface area contributed by atoms with E-state index in [9.17, 15) is 8.78 Å². The van der Waals surface area contributed by atoms with E-state index in [1.807, 2.05) is 24.3 Å². The maximum atomic E-state index is 12.6. The van der Waals surface area contributed by atoms with Gasteiger partial charge in [-0.25, -0.2) is 0 Å². The van der Waals surface area contributed by atoms with Crippen LogP contribution in [0.1, 0.15) is 6.92 Å². The lowest BCUT2D eigenvalue weighted by Gasteiger charge is -2.13. The second-order valence-corrected chi connectivity index (χ2v) is 5.18. The summed E-state index contributed by atoms with van der Waals surface area (Å²) in [7, 11) is 0. The van der Waals surface area contributed by atoms with Crippen molar-refractivity contribution in [3.05, 3.63) is 52.1 Å². The van der Waals surface area contributed by atoms with Crippen LogP contribution >= 0.6 is 22.6 Å². The van der Waals surface area contributed by atoms with Crippen LogP contribution in [-0.2, 0) is 0 Å². The summed E-state index contributed by atoms with van der Waals surface area (Å²) in [4.78, 5) is 0. The van der Waals surface area contributed by atoms with Gasteiger partial charge in [0.25, 0.3) is 0 Å². The molecule has 0 saturated carbocycles. The summed E-state index contributed by atoms with van der Waals surface area (Å²) in [5.74, 6) is 1.35. The SMILES string of the molecule is CC(F)(F)Oc1ccc(Oc2ccc(I)cc2)cc1. The van der Waals surface area contributed by atoms with Crippen LogP contribution in [0.4, 0.5) is 8.78 Å². The molecule has 100 valence electrons. The molecule has 0 unspecified atom stereocenters. The molecule has 0 aromatic heterocycles. The van der Waals surface area contributed by atoms with Gasteiger partial charge in [0.2, 0.25) is 0 Å². The molecule has 2 aromatic carbocycles. The van der Waals surface area contributed by atoms with E-state index in [-0.39, 0.29) is 5.75 Å². The Hall–Kier alpha value is -1.37. The first-order valence-electron chi connectivity index (χ1n) is 5.53. The maximum Gasteiger partial charge on any atom is 0.394 e. The monoisotopic (exact) mass is 376 g/mol. The van der Waals surface area contributed by atoms with E-state index in [1.165, 1.54) is 12.1 Å². The fourth-order valence-corrected chi connectivity index (χ4v) is 1.78. The van der Waals surface area contributed by atoms with Crippen molar-refractivity contribution in [3.8, 4) is 17.2 Å². The Morgan fingerprint density at radius 2 is 1.26 bits per heavy atom. The van der Waals surface area contributed by atoms with E-state index in [2.05, 4.69) is 27.3 Å². The molecule has 2 aromatic rings. The third kappa shape index (κ3) is 4.66. The summed E-state index contributed by atoms with van der Waals surface area (Å²) in [6, 6.07) is 13.6. The zero-order valence-corrected chi connectivity index (χ0v) is 12.2. The van der Waals surface area contributed by atoms with Gasteiger partial charge in [-0.05, 0) is 71.1 Å². The Bertz CT molecular complexity index is 533. The summed E-state index contributed by atoms with van der Waals surface area (Å²) in [6.07, 6.45) is -3.18. The molecule has 0 amide bonds. The van der Waals surface area contributed by atoms with Crippen molar-refractivity contribution in [2.24, 2.45) is 0 Å². The normalized spacial score (nSPS) is 11.2. The Kier molecular flexibility index (Phi) is 4.24. The first-order chi connectivity index (χ1) is 8.92. The summed E-state index contributed by atoms with van der Waals surface area (Å²) >= 11 is 2.20. The number of hydrogen-bond donors (Lipinski definition) is 0. The third-order valence-electron chi connectivity index (χ3n) is 2.17. The van der Waals surface area contributed by atoms with Gasteiger partial charge in [-0.15, -0.1) is 0 Å². The molecule has 0 aliphatic carbocycles. The Morgan fingerprint density at radius 3 is 1.74 bits per heavy atom. The molecule has 0 aliphatic rings. The molecule has 0 heterocycles. The van der Waals surface area contributed by atoms with Gasteiger partial charge < -0.3 is 9.47 Å². The van der Waals surface area contributed by atoms with Crippen LogP contribution in [0.5, 0.6) is 17.2 Å². The molecular weight excluding hydrogens is 365 g/mol. The topological polar surface area (TPSA) is 18.5 Å². The third-order valence-corrected chi connectivity index (χ3v) is 2.89. The van der Waals surface area contributed by atoms with Crippen molar-refractivity contribution in [2.45, 2.75) is 13.0 Å². The number of halogens is 3. The lowest BCUT2D eigenvalue weighted by molar-refractivity contribution is -0.158. The van der Waals surface area contributed by atoms with Crippen molar-refractivity contribution < 1.29 is 18.3 Å². The van der Waals surface area contributed by atoms with Crippen LogP contribution in [0, 0.1) is 3.57 Å². The Morgan fingerprint density at radius 1 is 0.842 bits per heavy atom. The second-order valence-electron chi connectivity index (χ2n) is 3.94. The zero-order chi connectivity index (χ0) is 13.9. The highest BCUT2D eigenvalue weighted by Crippen LogP contribution is 2.26. The predicted molar refractivity (Wildman–Crippen MR) is 76.9 cm³/mol. The molecule has 0 fully saturated rings. The smallest absolute Gasteiger partial charge is 0.394 e. The lowest BCUT2D eigenvalue weighted by Crippen LogP contribution is -2.18. The van der Waals surface area contributed by atoms with Crippen LogP contribution in [-0.4, -0.2) is 6.11 Å². The highest BCUT2D eigenvalue weighted by Gasteiger charge is 2.22. The fourth-order valence-electron chi connectivity index (χ4n) is 1.42. The quantitative estimate of drug-likeness (QED) is 0.694. The molecule has 0 spiro atoms. The molecule has 5 heteroatoms. The number of alkyl halides is 2. The maximum absolute atomic E-state index is 12.6. The molecule has 0 saturated heterocycles. The number of rotatable bonds is 4. The molecule has 0 atom stereocenters. The van der Waals surface area contributed by atoms with Gasteiger partial charge >= 0.3 is 6.11 Å². The van der Waals surface area contributed by atoms with E-state index in [4.69, 9.17) is 4.74 Å². The van der Waals surface area contributed by atoms with Crippen molar-refractivity contribution in [2.75, 3.05) is 0 Å². The van der Waals surface area contributed by atoms with E-state index < -0.39 is 6.11 Å². The first-order valence-corrected chi connectivity index (χ1v) is 6.60. The molecule has 2 nitrogen and oxygen atoms in total. The van der Waals surface area contributed by atoms with Crippen LogP contribution < -0.4 is 9.47 Å². The van der Waals surface area contributed by atoms with E-state index in [1.54, 1.807) is 12.1 Å². The fraction of sp³-hybridized carbons (Fsp3) is 0.143. The lowest BCUT2D eigenvalue weighted by atomic mass is 10.3. The number of benzene rings is 2. The number of hydrogen-bond acceptors (Lipinski definition) is 2. The average molecular weight is 376 g/mol. The van der Waals surface area contributed by atoms with E-state index in [0.29, 0.717) is 18.4 Å². The standard InChI is InChI=1S/C14H11F2IO2/c1-14(15,16)19-13-8-6-12(7-9-13)18-11-4-2-10(17)3-5-11/h2-9H,1H3. The van der Waals surface area contributed by atoms with Gasteiger partial charge in [0, 0.05) is 10.5 Å². The zero-order valence-electron chi connectivity index (χ0n) is 10.1. The summed E-state index contributed by atoms with van der Waals surface area (Å²) in [6.45, 7) is 0.697. The minimum Gasteiger partial charge on any atom is -0.457 e. The minimum absolute atomic E-state index is 0.0995. The molecule has 0 bridgehead atoms. The molecular formula is C14H11F2IO2. The highest BCUT2D eigenvalue weighted by molar-refractivity contribution is 14.1. The van der Waals surface area contributed by atoms with E-state index >= 15 is 0 Å². The molecule has 0 N–H and O–H groups in total. The first kappa shape index (κ1) is 14.0. The predicted octanol–water partition coefficient (Wildman–Crippen LogP) is 5.08. The summed E-state index contributed by atoms with van der Waals surface area (Å²) in [5.41, 5.74) is 0. The van der Waals surface area contributed by atoms with Crippen molar-refractivity contribution in [1.29, 1.82) is 0 Å². The Labute approximate surface area is 123 Å². The molecule has 0 radical (unpaired) electrons. The molecule has 0 aliphatic heterocycles.